The summed E-state index contributed by atoms with van der Waals surface area (Å²) in [6, 6.07) is 12.3. The maximum Gasteiger partial charge on any atom is 0.345 e. The summed E-state index contributed by atoms with van der Waals surface area (Å²) in [5.41, 5.74) is 1.33. The first kappa shape index (κ1) is 24.0. The molecule has 0 saturated carbocycles. The highest BCUT2D eigenvalue weighted by Gasteiger charge is 2.22. The third-order valence-corrected chi connectivity index (χ3v) is 5.35. The van der Waals surface area contributed by atoms with Gasteiger partial charge in [0, 0.05) is 23.4 Å². The van der Waals surface area contributed by atoms with E-state index in [9.17, 15) is 40.2 Å². The molecule has 184 valence electrons. The van der Waals surface area contributed by atoms with Crippen molar-refractivity contribution in [3.63, 3.8) is 0 Å². The molecular weight excluding hydrogens is 472 g/mol. The number of carboxylic acid groups (broad SMARTS) is 1. The molecule has 1 heterocycles. The maximum atomic E-state index is 12.4. The van der Waals surface area contributed by atoms with E-state index in [0.717, 1.165) is 6.08 Å². The van der Waals surface area contributed by atoms with Crippen LogP contribution in [-0.4, -0.2) is 48.7 Å². The second-order valence-electron chi connectivity index (χ2n) is 7.86. The first-order valence-corrected chi connectivity index (χ1v) is 10.5. The van der Waals surface area contributed by atoms with Crippen molar-refractivity contribution in [2.75, 3.05) is 0 Å². The van der Waals surface area contributed by atoms with E-state index in [1.807, 2.05) is 0 Å². The second kappa shape index (κ2) is 9.63. The molecule has 0 aliphatic rings. The molecule has 1 atom stereocenters. The van der Waals surface area contributed by atoms with E-state index in [-0.39, 0.29) is 40.8 Å². The molecule has 4 aromatic rings. The zero-order chi connectivity index (χ0) is 26.0. The zero-order valence-electron chi connectivity index (χ0n) is 18.5. The minimum Gasteiger partial charge on any atom is -0.504 e. The fourth-order valence-electron chi connectivity index (χ4n) is 3.52. The van der Waals surface area contributed by atoms with Gasteiger partial charge in [-0.2, -0.15) is 0 Å². The van der Waals surface area contributed by atoms with Gasteiger partial charge in [0.05, 0.1) is 0 Å². The molecule has 0 aliphatic carbocycles. The number of carboxylic acids is 1. The Morgan fingerprint density at radius 3 is 2.17 bits per heavy atom. The lowest BCUT2D eigenvalue weighted by Gasteiger charge is -2.13. The van der Waals surface area contributed by atoms with Crippen molar-refractivity contribution < 1.29 is 49.4 Å². The van der Waals surface area contributed by atoms with Crippen LogP contribution in [-0.2, 0) is 20.7 Å². The second-order valence-corrected chi connectivity index (χ2v) is 7.86. The lowest BCUT2D eigenvalue weighted by molar-refractivity contribution is -0.160. The van der Waals surface area contributed by atoms with E-state index >= 15 is 0 Å². The molecule has 0 bridgehead atoms. The van der Waals surface area contributed by atoms with Crippen molar-refractivity contribution in [3.05, 3.63) is 71.8 Å². The molecule has 0 unspecified atom stereocenters. The number of esters is 1. The Bertz CT molecular complexity index is 1500. The van der Waals surface area contributed by atoms with Gasteiger partial charge in [0.1, 0.15) is 5.76 Å². The fourth-order valence-corrected chi connectivity index (χ4v) is 3.52. The van der Waals surface area contributed by atoms with Gasteiger partial charge < -0.3 is 39.8 Å². The van der Waals surface area contributed by atoms with E-state index in [1.54, 1.807) is 6.07 Å². The minimum absolute atomic E-state index is 0.114. The first-order valence-electron chi connectivity index (χ1n) is 10.5. The van der Waals surface area contributed by atoms with E-state index in [0.29, 0.717) is 22.1 Å². The van der Waals surface area contributed by atoms with Crippen LogP contribution in [0.4, 0.5) is 0 Å². The number of aromatic hydroxyl groups is 5. The number of hydrogen-bond acceptors (Lipinski definition) is 9. The molecule has 36 heavy (non-hydrogen) atoms. The van der Waals surface area contributed by atoms with Crippen LogP contribution in [0.2, 0.25) is 0 Å². The number of furan rings is 1. The Morgan fingerprint density at radius 2 is 1.50 bits per heavy atom. The zero-order valence-corrected chi connectivity index (χ0v) is 18.5. The largest absolute Gasteiger partial charge is 0.504 e. The molecule has 3 aromatic carbocycles. The summed E-state index contributed by atoms with van der Waals surface area (Å²) in [6.45, 7) is 0. The summed E-state index contributed by atoms with van der Waals surface area (Å²) in [7, 11) is 0. The topological polar surface area (TPSA) is 178 Å². The maximum absolute atomic E-state index is 12.4. The number of hydrogen-bond donors (Lipinski definition) is 6. The summed E-state index contributed by atoms with van der Waals surface area (Å²) in [4.78, 5) is 23.9. The molecule has 4 rings (SSSR count). The Hall–Kier alpha value is -5.12. The number of ether oxygens (including phenoxy) is 1. The van der Waals surface area contributed by atoms with Gasteiger partial charge in [0.25, 0.3) is 0 Å². The fraction of sp³-hybridized carbons (Fsp3) is 0.0769. The van der Waals surface area contributed by atoms with Gasteiger partial charge in [-0.15, -0.1) is 0 Å². The molecule has 0 fully saturated rings. The number of phenolic OH excluding ortho intramolecular Hbond substituents is 5. The van der Waals surface area contributed by atoms with Crippen molar-refractivity contribution in [1.29, 1.82) is 0 Å². The Kier molecular flexibility index (Phi) is 6.42. The van der Waals surface area contributed by atoms with Gasteiger partial charge in [-0.1, -0.05) is 12.1 Å². The lowest BCUT2D eigenvalue weighted by Crippen LogP contribution is -2.28. The highest BCUT2D eigenvalue weighted by atomic mass is 16.6. The van der Waals surface area contributed by atoms with Crippen molar-refractivity contribution >= 4 is 29.0 Å². The van der Waals surface area contributed by atoms with Gasteiger partial charge in [0.2, 0.25) is 6.10 Å². The Morgan fingerprint density at radius 1 is 0.833 bits per heavy atom. The number of aliphatic carboxylic acids is 1. The number of rotatable bonds is 7. The number of benzene rings is 3. The van der Waals surface area contributed by atoms with Crippen LogP contribution in [0.5, 0.6) is 28.7 Å². The van der Waals surface area contributed by atoms with Crippen LogP contribution >= 0.6 is 0 Å². The molecule has 0 radical (unpaired) electrons. The average Bonchev–Trinajstić information content (AvgIpc) is 3.29. The summed E-state index contributed by atoms with van der Waals surface area (Å²) >= 11 is 0. The van der Waals surface area contributed by atoms with Crippen molar-refractivity contribution in [2.24, 2.45) is 0 Å². The van der Waals surface area contributed by atoms with Gasteiger partial charge in [0.15, 0.2) is 34.3 Å². The Labute approximate surface area is 203 Å². The van der Waals surface area contributed by atoms with Crippen molar-refractivity contribution in [2.45, 2.75) is 12.5 Å². The molecule has 1 aromatic heterocycles. The van der Waals surface area contributed by atoms with E-state index in [1.165, 1.54) is 54.6 Å². The van der Waals surface area contributed by atoms with E-state index in [2.05, 4.69) is 0 Å². The first-order chi connectivity index (χ1) is 17.1. The quantitative estimate of drug-likeness (QED) is 0.126. The van der Waals surface area contributed by atoms with Crippen LogP contribution in [0.25, 0.3) is 28.4 Å². The molecule has 10 nitrogen and oxygen atoms in total. The highest BCUT2D eigenvalue weighted by molar-refractivity contribution is 5.97. The summed E-state index contributed by atoms with van der Waals surface area (Å²) in [5, 5.41) is 58.3. The van der Waals surface area contributed by atoms with Crippen molar-refractivity contribution in [1.82, 2.24) is 0 Å². The monoisotopic (exact) mass is 492 g/mol. The number of carbonyl (C=O) groups excluding carboxylic acids is 1. The van der Waals surface area contributed by atoms with Gasteiger partial charge in [-0.3, -0.25) is 0 Å². The summed E-state index contributed by atoms with van der Waals surface area (Å²) in [5.74, 6) is -3.68. The van der Waals surface area contributed by atoms with Crippen LogP contribution in [0, 0.1) is 0 Å². The van der Waals surface area contributed by atoms with Crippen molar-refractivity contribution in [3.8, 4) is 40.1 Å². The van der Waals surface area contributed by atoms with E-state index in [4.69, 9.17) is 9.15 Å². The predicted octanol–water partition coefficient (Wildman–Crippen LogP) is 3.88. The third-order valence-electron chi connectivity index (χ3n) is 5.35. The van der Waals surface area contributed by atoms with Gasteiger partial charge in [-0.05, 0) is 59.7 Å². The highest BCUT2D eigenvalue weighted by Crippen LogP contribution is 2.38. The van der Waals surface area contributed by atoms with Crippen LogP contribution < -0.4 is 0 Å². The molecule has 0 amide bonds. The molecule has 6 N–H and O–H groups in total. The summed E-state index contributed by atoms with van der Waals surface area (Å²) < 4.78 is 10.7. The van der Waals surface area contributed by atoms with Crippen LogP contribution in [0.3, 0.4) is 0 Å². The minimum atomic E-state index is -1.55. The average molecular weight is 492 g/mol. The van der Waals surface area contributed by atoms with Crippen LogP contribution in [0.15, 0.2) is 65.1 Å². The lowest BCUT2D eigenvalue weighted by atomic mass is 10.1. The smallest absolute Gasteiger partial charge is 0.345 e. The molecule has 0 spiro atoms. The standard InChI is InChI=1S/C26H20O10/c27-17-5-1-13(9-20(17)30)10-23(26(33)34)35-24(32)8-4-14-2-7-19(29)25-16(14)12-22(36-25)15-3-6-18(28)21(31)11-15/h1-9,11-12,23,27-31H,10H2,(H,33,34)/b8-4+/t23-/m0/s1. The normalized spacial score (nSPS) is 12.1. The molecule has 0 saturated heterocycles. The number of fused-ring (bicyclic) bond motifs is 1. The SMILES string of the molecule is O=C(/C=C/c1ccc(O)c2oc(-c3ccc(O)c(O)c3)cc12)O[C@@H](Cc1ccc(O)c(O)c1)C(=O)O. The van der Waals surface area contributed by atoms with Gasteiger partial charge in [-0.25, -0.2) is 9.59 Å². The molecule has 0 aliphatic heterocycles. The van der Waals surface area contributed by atoms with Gasteiger partial charge >= 0.3 is 11.9 Å². The molecular formula is C26H20O10. The number of carbonyl (C=O) groups is 2. The van der Waals surface area contributed by atoms with E-state index < -0.39 is 23.8 Å². The third kappa shape index (κ3) is 5.02. The number of phenols is 5. The van der Waals surface area contributed by atoms with Crippen LogP contribution in [0.1, 0.15) is 11.1 Å². The predicted molar refractivity (Wildman–Crippen MR) is 127 cm³/mol. The molecule has 10 heteroatoms. The Balaban J connectivity index is 1.56. The summed E-state index contributed by atoms with van der Waals surface area (Å²) in [6.07, 6.45) is 0.600.